The minimum atomic E-state index is 0.209. The molecule has 0 saturated carbocycles. The zero-order valence-electron chi connectivity index (χ0n) is 11.9. The number of rotatable bonds is 5. The third kappa shape index (κ3) is 2.92. The SMILES string of the molecule is CCC1CSC(c2c(OC)cc(OC)cc2OC)N1. The molecule has 1 heterocycles. The summed E-state index contributed by atoms with van der Waals surface area (Å²) in [5.74, 6) is 3.46. The van der Waals surface area contributed by atoms with Crippen LogP contribution in [0.1, 0.15) is 24.3 Å². The summed E-state index contributed by atoms with van der Waals surface area (Å²) in [6.07, 6.45) is 1.13. The van der Waals surface area contributed by atoms with Crippen LogP contribution in [0.4, 0.5) is 0 Å². The average molecular weight is 283 g/mol. The molecule has 1 aliphatic heterocycles. The van der Waals surface area contributed by atoms with Crippen molar-refractivity contribution in [3.63, 3.8) is 0 Å². The van der Waals surface area contributed by atoms with Gasteiger partial charge in [0.25, 0.3) is 0 Å². The molecule has 0 spiro atoms. The van der Waals surface area contributed by atoms with Gasteiger partial charge in [-0.2, -0.15) is 0 Å². The van der Waals surface area contributed by atoms with Gasteiger partial charge in [0.1, 0.15) is 17.2 Å². The van der Waals surface area contributed by atoms with E-state index in [-0.39, 0.29) is 5.37 Å². The number of nitrogens with one attached hydrogen (secondary N) is 1. The summed E-state index contributed by atoms with van der Waals surface area (Å²) in [5, 5.41) is 3.82. The molecule has 1 aliphatic rings. The molecule has 2 unspecified atom stereocenters. The lowest BCUT2D eigenvalue weighted by molar-refractivity contribution is 0.365. The third-order valence-electron chi connectivity index (χ3n) is 3.36. The van der Waals surface area contributed by atoms with Crippen LogP contribution >= 0.6 is 11.8 Å². The molecule has 0 radical (unpaired) electrons. The van der Waals surface area contributed by atoms with E-state index in [0.29, 0.717) is 6.04 Å². The van der Waals surface area contributed by atoms with Gasteiger partial charge in [0, 0.05) is 23.9 Å². The molecule has 1 fully saturated rings. The summed E-state index contributed by atoms with van der Waals surface area (Å²) < 4.78 is 16.3. The standard InChI is InChI=1S/C14H21NO3S/c1-5-9-8-19-14(15-9)13-11(17-3)6-10(16-2)7-12(13)18-4/h6-7,9,14-15H,5,8H2,1-4H3. The molecule has 106 valence electrons. The van der Waals surface area contributed by atoms with Crippen molar-refractivity contribution in [3.8, 4) is 17.2 Å². The Balaban J connectivity index is 2.37. The van der Waals surface area contributed by atoms with E-state index >= 15 is 0 Å². The van der Waals surface area contributed by atoms with Crippen LogP contribution in [0.3, 0.4) is 0 Å². The first kappa shape index (κ1) is 14.3. The predicted molar refractivity (Wildman–Crippen MR) is 78.5 cm³/mol. The molecule has 0 bridgehead atoms. The maximum atomic E-state index is 5.50. The molecular formula is C14H21NO3S. The van der Waals surface area contributed by atoms with Crippen molar-refractivity contribution in [2.75, 3.05) is 27.1 Å². The highest BCUT2D eigenvalue weighted by Gasteiger charge is 2.29. The number of benzene rings is 1. The predicted octanol–water partition coefficient (Wildman–Crippen LogP) is 2.83. The van der Waals surface area contributed by atoms with Crippen LogP contribution in [-0.4, -0.2) is 33.1 Å². The highest BCUT2D eigenvalue weighted by molar-refractivity contribution is 7.99. The molecule has 1 N–H and O–H groups in total. The summed E-state index contributed by atoms with van der Waals surface area (Å²) in [6, 6.07) is 4.35. The number of ether oxygens (including phenoxy) is 3. The summed E-state index contributed by atoms with van der Waals surface area (Å²) in [5.41, 5.74) is 1.06. The van der Waals surface area contributed by atoms with E-state index in [1.54, 1.807) is 21.3 Å². The quantitative estimate of drug-likeness (QED) is 0.899. The summed E-state index contributed by atoms with van der Waals surface area (Å²) >= 11 is 1.89. The van der Waals surface area contributed by atoms with Crippen LogP contribution in [0.25, 0.3) is 0 Å². The van der Waals surface area contributed by atoms with E-state index in [4.69, 9.17) is 14.2 Å². The Bertz CT molecular complexity index is 414. The Hall–Kier alpha value is -1.07. The number of thioether (sulfide) groups is 1. The van der Waals surface area contributed by atoms with Gasteiger partial charge in [0.05, 0.1) is 32.3 Å². The Kier molecular flexibility index (Phi) is 4.82. The smallest absolute Gasteiger partial charge is 0.131 e. The monoisotopic (exact) mass is 283 g/mol. The molecule has 19 heavy (non-hydrogen) atoms. The van der Waals surface area contributed by atoms with Crippen LogP contribution < -0.4 is 19.5 Å². The molecule has 4 nitrogen and oxygen atoms in total. The fourth-order valence-electron chi connectivity index (χ4n) is 2.22. The van der Waals surface area contributed by atoms with E-state index < -0.39 is 0 Å². The van der Waals surface area contributed by atoms with Crippen LogP contribution in [0.2, 0.25) is 0 Å². The number of hydrogen-bond donors (Lipinski definition) is 1. The van der Waals surface area contributed by atoms with Gasteiger partial charge in [-0.05, 0) is 6.42 Å². The fraction of sp³-hybridized carbons (Fsp3) is 0.571. The first-order chi connectivity index (χ1) is 9.23. The molecule has 1 aromatic rings. The minimum Gasteiger partial charge on any atom is -0.496 e. The zero-order valence-corrected chi connectivity index (χ0v) is 12.7. The molecule has 5 heteroatoms. The lowest BCUT2D eigenvalue weighted by Crippen LogP contribution is -2.25. The summed E-state index contributed by atoms with van der Waals surface area (Å²) in [6.45, 7) is 2.20. The van der Waals surface area contributed by atoms with Crippen molar-refractivity contribution in [1.82, 2.24) is 5.32 Å². The highest BCUT2D eigenvalue weighted by Crippen LogP contribution is 2.45. The molecule has 1 aromatic carbocycles. The Morgan fingerprint density at radius 3 is 2.21 bits per heavy atom. The zero-order chi connectivity index (χ0) is 13.8. The normalized spacial score (nSPS) is 22.3. The second-order valence-electron chi connectivity index (χ2n) is 4.43. The van der Waals surface area contributed by atoms with Crippen molar-refractivity contribution >= 4 is 11.8 Å². The van der Waals surface area contributed by atoms with E-state index in [1.165, 1.54) is 0 Å². The third-order valence-corrected chi connectivity index (χ3v) is 4.66. The van der Waals surface area contributed by atoms with E-state index in [9.17, 15) is 0 Å². The first-order valence-corrected chi connectivity index (χ1v) is 7.45. The van der Waals surface area contributed by atoms with Gasteiger partial charge in [-0.3, -0.25) is 5.32 Å². The number of methoxy groups -OCH3 is 3. The van der Waals surface area contributed by atoms with E-state index in [0.717, 1.165) is 35.0 Å². The molecule has 0 aromatic heterocycles. The van der Waals surface area contributed by atoms with Gasteiger partial charge in [0.2, 0.25) is 0 Å². The van der Waals surface area contributed by atoms with Crippen LogP contribution in [0.5, 0.6) is 17.2 Å². The largest absolute Gasteiger partial charge is 0.496 e. The van der Waals surface area contributed by atoms with Gasteiger partial charge < -0.3 is 14.2 Å². The maximum absolute atomic E-state index is 5.50. The first-order valence-electron chi connectivity index (χ1n) is 6.41. The second kappa shape index (κ2) is 6.39. The topological polar surface area (TPSA) is 39.7 Å². The van der Waals surface area contributed by atoms with Crippen LogP contribution in [0.15, 0.2) is 12.1 Å². The number of hydrogen-bond acceptors (Lipinski definition) is 5. The molecule has 2 rings (SSSR count). The van der Waals surface area contributed by atoms with E-state index in [1.807, 2.05) is 23.9 Å². The van der Waals surface area contributed by atoms with Gasteiger partial charge in [-0.25, -0.2) is 0 Å². The Morgan fingerprint density at radius 1 is 1.16 bits per heavy atom. The Morgan fingerprint density at radius 2 is 1.79 bits per heavy atom. The van der Waals surface area contributed by atoms with Crippen LogP contribution in [0, 0.1) is 0 Å². The average Bonchev–Trinajstić information content (AvgIpc) is 2.94. The van der Waals surface area contributed by atoms with Gasteiger partial charge in [-0.1, -0.05) is 6.92 Å². The summed E-state index contributed by atoms with van der Waals surface area (Å²) in [4.78, 5) is 0. The summed E-state index contributed by atoms with van der Waals surface area (Å²) in [7, 11) is 4.99. The molecular weight excluding hydrogens is 262 g/mol. The Labute approximate surface area is 118 Å². The molecule has 2 atom stereocenters. The van der Waals surface area contributed by atoms with Crippen LogP contribution in [-0.2, 0) is 0 Å². The van der Waals surface area contributed by atoms with Gasteiger partial charge >= 0.3 is 0 Å². The lowest BCUT2D eigenvalue weighted by atomic mass is 10.1. The maximum Gasteiger partial charge on any atom is 0.131 e. The van der Waals surface area contributed by atoms with Crippen molar-refractivity contribution in [2.24, 2.45) is 0 Å². The van der Waals surface area contributed by atoms with Crippen molar-refractivity contribution in [1.29, 1.82) is 0 Å². The molecule has 0 amide bonds. The molecule has 1 saturated heterocycles. The van der Waals surface area contributed by atoms with Crippen molar-refractivity contribution < 1.29 is 14.2 Å². The fourth-order valence-corrected chi connectivity index (χ4v) is 3.66. The van der Waals surface area contributed by atoms with Crippen molar-refractivity contribution in [3.05, 3.63) is 17.7 Å². The van der Waals surface area contributed by atoms with Gasteiger partial charge in [0.15, 0.2) is 0 Å². The lowest BCUT2D eigenvalue weighted by Gasteiger charge is -2.20. The van der Waals surface area contributed by atoms with Crippen molar-refractivity contribution in [2.45, 2.75) is 24.8 Å². The van der Waals surface area contributed by atoms with E-state index in [2.05, 4.69) is 12.2 Å². The highest BCUT2D eigenvalue weighted by atomic mass is 32.2. The van der Waals surface area contributed by atoms with Gasteiger partial charge in [-0.15, -0.1) is 11.8 Å². The minimum absolute atomic E-state index is 0.209. The molecule has 0 aliphatic carbocycles. The second-order valence-corrected chi connectivity index (χ2v) is 5.57.